The molecular weight excluding hydrogens is 400 g/mol. The minimum atomic E-state index is -4.26. The molecule has 0 aliphatic heterocycles. The van der Waals surface area contributed by atoms with Crippen LogP contribution < -0.4 is 15.8 Å². The van der Waals surface area contributed by atoms with Crippen molar-refractivity contribution in [2.75, 3.05) is 25.4 Å². The number of nitrogens with one attached hydrogen (secondary N) is 2. The molecule has 0 aromatic carbocycles. The van der Waals surface area contributed by atoms with Crippen molar-refractivity contribution < 1.29 is 21.6 Å². The van der Waals surface area contributed by atoms with E-state index in [0.29, 0.717) is 6.54 Å². The molecule has 116 valence electrons. The van der Waals surface area contributed by atoms with Gasteiger partial charge in [0.2, 0.25) is 10.0 Å². The average molecular weight is 418 g/mol. The minimum Gasteiger partial charge on any atom is -0.357 e. The van der Waals surface area contributed by atoms with E-state index in [1.54, 1.807) is 6.92 Å². The van der Waals surface area contributed by atoms with Gasteiger partial charge in [-0.2, -0.15) is 13.2 Å². The molecule has 0 amide bonds. The van der Waals surface area contributed by atoms with Crippen LogP contribution >= 0.6 is 24.0 Å². The highest BCUT2D eigenvalue weighted by Crippen LogP contribution is 2.18. The maximum Gasteiger partial charge on any atom is 0.390 e. The van der Waals surface area contributed by atoms with Crippen LogP contribution in [0.4, 0.5) is 13.2 Å². The summed E-state index contributed by atoms with van der Waals surface area (Å²) in [5.41, 5.74) is 0. The molecule has 4 N–H and O–H groups in total. The van der Waals surface area contributed by atoms with Crippen LogP contribution in [0.25, 0.3) is 0 Å². The maximum atomic E-state index is 11.9. The van der Waals surface area contributed by atoms with Crippen molar-refractivity contribution in [3.8, 4) is 0 Å². The second-order valence-corrected chi connectivity index (χ2v) is 5.15. The Morgan fingerprint density at radius 2 is 1.89 bits per heavy atom. The number of guanidine groups is 1. The van der Waals surface area contributed by atoms with Gasteiger partial charge in [0, 0.05) is 13.1 Å². The molecule has 0 saturated carbocycles. The van der Waals surface area contributed by atoms with Gasteiger partial charge in [0.05, 0.1) is 18.7 Å². The van der Waals surface area contributed by atoms with E-state index in [2.05, 4.69) is 15.6 Å². The first-order valence-electron chi connectivity index (χ1n) is 5.23. The highest BCUT2D eigenvalue weighted by molar-refractivity contribution is 14.0. The van der Waals surface area contributed by atoms with Gasteiger partial charge in [-0.25, -0.2) is 13.6 Å². The summed E-state index contributed by atoms with van der Waals surface area (Å²) in [7, 11) is -3.60. The van der Waals surface area contributed by atoms with Crippen molar-refractivity contribution in [3.05, 3.63) is 0 Å². The number of aliphatic imine (C=N–C) groups is 1. The molecule has 0 unspecified atom stereocenters. The first-order valence-corrected chi connectivity index (χ1v) is 6.95. The summed E-state index contributed by atoms with van der Waals surface area (Å²) in [4.78, 5) is 3.66. The lowest BCUT2D eigenvalue weighted by molar-refractivity contribution is -0.132. The number of halogens is 4. The number of rotatable bonds is 6. The van der Waals surface area contributed by atoms with E-state index in [1.807, 2.05) is 0 Å². The normalized spacial score (nSPS) is 12.8. The summed E-state index contributed by atoms with van der Waals surface area (Å²) < 4.78 is 57.0. The van der Waals surface area contributed by atoms with E-state index >= 15 is 0 Å². The van der Waals surface area contributed by atoms with Crippen molar-refractivity contribution in [3.63, 3.8) is 0 Å². The number of primary sulfonamides is 1. The number of sulfonamides is 1. The van der Waals surface area contributed by atoms with Gasteiger partial charge in [-0.3, -0.25) is 4.99 Å². The van der Waals surface area contributed by atoms with E-state index in [9.17, 15) is 21.6 Å². The fourth-order valence-corrected chi connectivity index (χ4v) is 1.33. The lowest BCUT2D eigenvalue weighted by atomic mass is 10.4. The van der Waals surface area contributed by atoms with Gasteiger partial charge in [-0.1, -0.05) is 0 Å². The molecular formula is C8H18F3IN4O2S. The van der Waals surface area contributed by atoms with Crippen LogP contribution in [0.1, 0.15) is 13.3 Å². The van der Waals surface area contributed by atoms with E-state index in [-0.39, 0.29) is 42.2 Å². The predicted octanol–water partition coefficient (Wildman–Crippen LogP) is 0.400. The van der Waals surface area contributed by atoms with Gasteiger partial charge in [0.15, 0.2) is 5.96 Å². The quantitative estimate of drug-likeness (QED) is 0.331. The minimum absolute atomic E-state index is 0. The molecule has 19 heavy (non-hydrogen) atoms. The third-order valence-electron chi connectivity index (χ3n) is 1.69. The monoisotopic (exact) mass is 418 g/mol. The van der Waals surface area contributed by atoms with Crippen molar-refractivity contribution in [2.45, 2.75) is 19.5 Å². The lowest BCUT2D eigenvalue weighted by Gasteiger charge is -2.11. The summed E-state index contributed by atoms with van der Waals surface area (Å²) in [5.74, 6) is -0.193. The largest absolute Gasteiger partial charge is 0.390 e. The molecule has 11 heteroatoms. The van der Waals surface area contributed by atoms with Crippen LogP contribution in [-0.2, 0) is 10.0 Å². The summed E-state index contributed by atoms with van der Waals surface area (Å²) in [6, 6.07) is 0. The van der Waals surface area contributed by atoms with Gasteiger partial charge >= 0.3 is 6.18 Å². The van der Waals surface area contributed by atoms with Gasteiger partial charge < -0.3 is 10.6 Å². The SMILES string of the molecule is CCNC(=NCCC(F)(F)F)NCCS(N)(=O)=O.I. The Morgan fingerprint density at radius 1 is 1.32 bits per heavy atom. The van der Waals surface area contributed by atoms with Crippen LogP contribution in [-0.4, -0.2) is 45.9 Å². The first kappa shape index (κ1) is 21.0. The molecule has 0 heterocycles. The highest BCUT2D eigenvalue weighted by Gasteiger charge is 2.26. The van der Waals surface area contributed by atoms with Gasteiger partial charge in [0.1, 0.15) is 0 Å². The third kappa shape index (κ3) is 15.6. The Kier molecular flexibility index (Phi) is 10.6. The summed E-state index contributed by atoms with van der Waals surface area (Å²) >= 11 is 0. The van der Waals surface area contributed by atoms with Crippen molar-refractivity contribution in [2.24, 2.45) is 10.1 Å². The van der Waals surface area contributed by atoms with Crippen molar-refractivity contribution >= 4 is 40.0 Å². The zero-order valence-corrected chi connectivity index (χ0v) is 13.5. The molecule has 0 spiro atoms. The topological polar surface area (TPSA) is 96.6 Å². The Labute approximate surface area is 127 Å². The average Bonchev–Trinajstić information content (AvgIpc) is 2.13. The summed E-state index contributed by atoms with van der Waals surface area (Å²) in [6.07, 6.45) is -5.29. The Balaban J connectivity index is 0. The number of hydrogen-bond donors (Lipinski definition) is 3. The van der Waals surface area contributed by atoms with E-state index < -0.39 is 29.2 Å². The molecule has 6 nitrogen and oxygen atoms in total. The zero-order chi connectivity index (χ0) is 14.2. The van der Waals surface area contributed by atoms with Crippen LogP contribution in [0.15, 0.2) is 4.99 Å². The van der Waals surface area contributed by atoms with Crippen LogP contribution in [0.5, 0.6) is 0 Å². The van der Waals surface area contributed by atoms with Gasteiger partial charge in [-0.05, 0) is 6.92 Å². The fourth-order valence-electron chi connectivity index (χ4n) is 0.948. The number of hydrogen-bond acceptors (Lipinski definition) is 3. The van der Waals surface area contributed by atoms with Crippen molar-refractivity contribution in [1.29, 1.82) is 0 Å². The van der Waals surface area contributed by atoms with Crippen LogP contribution in [0, 0.1) is 0 Å². The van der Waals surface area contributed by atoms with Crippen LogP contribution in [0.2, 0.25) is 0 Å². The number of nitrogens with zero attached hydrogens (tertiary/aromatic N) is 1. The van der Waals surface area contributed by atoms with E-state index in [0.717, 1.165) is 0 Å². The fraction of sp³-hybridized carbons (Fsp3) is 0.875. The maximum absolute atomic E-state index is 11.9. The molecule has 0 radical (unpaired) electrons. The third-order valence-corrected chi connectivity index (χ3v) is 2.46. The first-order chi connectivity index (χ1) is 8.14. The van der Waals surface area contributed by atoms with Gasteiger partial charge in [0.25, 0.3) is 0 Å². The second-order valence-electron chi connectivity index (χ2n) is 3.42. The second kappa shape index (κ2) is 9.58. The molecule has 0 aliphatic rings. The standard InChI is InChI=1S/C8H17F3N4O2S.HI/c1-2-13-7(14-4-3-8(9,10)11)15-5-6-18(12,16)17;/h2-6H2,1H3,(H2,12,16,17)(H2,13,14,15);1H. The van der Waals surface area contributed by atoms with Crippen molar-refractivity contribution in [1.82, 2.24) is 10.6 Å². The Morgan fingerprint density at radius 3 is 2.32 bits per heavy atom. The smallest absolute Gasteiger partial charge is 0.357 e. The zero-order valence-electron chi connectivity index (χ0n) is 10.3. The molecule has 0 rings (SSSR count). The number of nitrogens with two attached hydrogens (primary N) is 1. The number of alkyl halides is 3. The molecule has 0 atom stereocenters. The van der Waals surface area contributed by atoms with E-state index in [4.69, 9.17) is 5.14 Å². The molecule has 0 fully saturated rings. The molecule has 0 aromatic rings. The predicted molar refractivity (Wildman–Crippen MR) is 78.0 cm³/mol. The Bertz CT molecular complexity index is 373. The molecule has 0 saturated heterocycles. The summed E-state index contributed by atoms with van der Waals surface area (Å²) in [5, 5.41) is 10.0. The van der Waals surface area contributed by atoms with E-state index in [1.165, 1.54) is 0 Å². The van der Waals surface area contributed by atoms with Crippen LogP contribution in [0.3, 0.4) is 0 Å². The Hall–Kier alpha value is -0.300. The summed E-state index contributed by atoms with van der Waals surface area (Å²) in [6.45, 7) is 1.75. The highest BCUT2D eigenvalue weighted by atomic mass is 127. The molecule has 0 bridgehead atoms. The molecule has 0 aliphatic carbocycles. The van der Waals surface area contributed by atoms with Gasteiger partial charge in [-0.15, -0.1) is 24.0 Å². The lowest BCUT2D eigenvalue weighted by Crippen LogP contribution is -2.40. The molecule has 0 aromatic heterocycles.